The maximum Gasteiger partial charge on any atom is 0.319 e. The molecule has 1 aliphatic carbocycles. The normalized spacial score (nSPS) is 15.4. The van der Waals surface area contributed by atoms with Crippen molar-refractivity contribution < 1.29 is 9.59 Å². The van der Waals surface area contributed by atoms with Crippen molar-refractivity contribution in [2.45, 2.75) is 44.6 Å². The van der Waals surface area contributed by atoms with E-state index in [4.69, 9.17) is 5.73 Å². The summed E-state index contributed by atoms with van der Waals surface area (Å²) in [6.07, 6.45) is 5.40. The van der Waals surface area contributed by atoms with Crippen LogP contribution in [0.2, 0.25) is 0 Å². The number of amides is 3. The van der Waals surface area contributed by atoms with Gasteiger partial charge in [-0.25, -0.2) is 4.79 Å². The number of fused-ring (bicyclic) bond motifs is 1. The Morgan fingerprint density at radius 2 is 1.81 bits per heavy atom. The number of nitrogens with zero attached hydrogens (tertiary/aromatic N) is 1. The average Bonchev–Trinajstić information content (AvgIpc) is 2.76. The van der Waals surface area contributed by atoms with E-state index in [9.17, 15) is 9.59 Å². The van der Waals surface area contributed by atoms with Crippen LogP contribution in [-0.2, 0) is 11.2 Å². The third-order valence-corrected chi connectivity index (χ3v) is 6.19. The third kappa shape index (κ3) is 7.36. The molecule has 0 fully saturated rings. The Hall–Kier alpha value is -2.38. The van der Waals surface area contributed by atoms with Crippen LogP contribution in [0.4, 0.5) is 10.5 Å². The number of anilines is 1. The van der Waals surface area contributed by atoms with Crippen molar-refractivity contribution in [3.63, 3.8) is 0 Å². The number of nitrogens with one attached hydrogen (secondary N) is 2. The maximum atomic E-state index is 12.2. The number of hydrogen-bond donors (Lipinski definition) is 3. The Morgan fingerprint density at radius 1 is 1.06 bits per heavy atom. The first kappa shape index (κ1) is 23.3. The molecule has 1 unspecified atom stereocenters. The van der Waals surface area contributed by atoms with Crippen LogP contribution in [0.15, 0.2) is 53.0 Å². The van der Waals surface area contributed by atoms with E-state index in [0.29, 0.717) is 19.0 Å². The Labute approximate surface area is 192 Å². The summed E-state index contributed by atoms with van der Waals surface area (Å²) >= 11 is 3.39. The molecule has 1 aliphatic rings. The molecule has 0 aromatic heterocycles. The van der Waals surface area contributed by atoms with E-state index in [2.05, 4.69) is 55.7 Å². The summed E-state index contributed by atoms with van der Waals surface area (Å²) in [7, 11) is 0. The van der Waals surface area contributed by atoms with E-state index >= 15 is 0 Å². The summed E-state index contributed by atoms with van der Waals surface area (Å²) in [4.78, 5) is 25.8. The standard InChI is InChI=1S/C24H31BrN4O2/c25-19-11-13-20(14-12-19)28-24(31)27-15-5-17-29(16-4-10-23(26)30)22-9-3-7-18-6-1-2-8-21(18)22/h1-2,6,8,11-14,22H,3-5,7,9-10,15-17H2,(H2,26,30)(H2,27,28,31). The molecular weight excluding hydrogens is 456 g/mol. The van der Waals surface area contributed by atoms with Crippen LogP contribution in [0.5, 0.6) is 0 Å². The monoisotopic (exact) mass is 486 g/mol. The zero-order chi connectivity index (χ0) is 22.1. The van der Waals surface area contributed by atoms with Crippen molar-refractivity contribution in [3.05, 3.63) is 64.1 Å². The van der Waals surface area contributed by atoms with Crippen LogP contribution >= 0.6 is 15.9 Å². The Morgan fingerprint density at radius 3 is 2.58 bits per heavy atom. The van der Waals surface area contributed by atoms with E-state index in [1.54, 1.807) is 0 Å². The molecule has 1 atom stereocenters. The molecule has 0 aliphatic heterocycles. The predicted molar refractivity (Wildman–Crippen MR) is 128 cm³/mol. The van der Waals surface area contributed by atoms with Crippen LogP contribution < -0.4 is 16.4 Å². The van der Waals surface area contributed by atoms with Crippen molar-refractivity contribution >= 4 is 33.6 Å². The minimum Gasteiger partial charge on any atom is -0.370 e. The molecule has 31 heavy (non-hydrogen) atoms. The molecule has 0 spiro atoms. The van der Waals surface area contributed by atoms with Gasteiger partial charge in [0.1, 0.15) is 0 Å². The van der Waals surface area contributed by atoms with Gasteiger partial charge in [0.2, 0.25) is 5.91 Å². The fourth-order valence-corrected chi connectivity index (χ4v) is 4.44. The molecule has 6 nitrogen and oxygen atoms in total. The highest BCUT2D eigenvalue weighted by atomic mass is 79.9. The minimum atomic E-state index is -0.254. The fourth-order valence-electron chi connectivity index (χ4n) is 4.18. The SMILES string of the molecule is NC(=O)CCCN(CCCNC(=O)Nc1ccc(Br)cc1)C1CCCc2ccccc21. The largest absolute Gasteiger partial charge is 0.370 e. The van der Waals surface area contributed by atoms with E-state index < -0.39 is 0 Å². The van der Waals surface area contributed by atoms with Crippen molar-refractivity contribution in [1.82, 2.24) is 10.2 Å². The van der Waals surface area contributed by atoms with E-state index in [0.717, 1.165) is 48.9 Å². The van der Waals surface area contributed by atoms with Gasteiger partial charge in [-0.2, -0.15) is 0 Å². The molecule has 0 bridgehead atoms. The van der Waals surface area contributed by atoms with Gasteiger partial charge in [0.25, 0.3) is 0 Å². The van der Waals surface area contributed by atoms with Crippen molar-refractivity contribution in [1.29, 1.82) is 0 Å². The van der Waals surface area contributed by atoms with Crippen LogP contribution in [0.3, 0.4) is 0 Å². The summed E-state index contributed by atoms with van der Waals surface area (Å²) < 4.78 is 0.971. The molecule has 0 saturated heterocycles. The van der Waals surface area contributed by atoms with Gasteiger partial charge < -0.3 is 16.4 Å². The van der Waals surface area contributed by atoms with Gasteiger partial charge in [0, 0.05) is 35.7 Å². The maximum absolute atomic E-state index is 12.2. The second kappa shape index (κ2) is 11.9. The van der Waals surface area contributed by atoms with E-state index in [1.165, 1.54) is 17.5 Å². The smallest absolute Gasteiger partial charge is 0.319 e. The number of urea groups is 1. The molecule has 166 valence electrons. The number of aryl methyl sites for hydroxylation is 1. The lowest BCUT2D eigenvalue weighted by atomic mass is 9.86. The number of carbonyl (C=O) groups is 2. The molecule has 3 amide bonds. The highest BCUT2D eigenvalue weighted by molar-refractivity contribution is 9.10. The summed E-state index contributed by atoms with van der Waals surface area (Å²) in [6, 6.07) is 16.3. The van der Waals surface area contributed by atoms with Crippen molar-refractivity contribution in [2.75, 3.05) is 25.0 Å². The number of nitrogens with two attached hydrogens (primary N) is 1. The fraction of sp³-hybridized carbons (Fsp3) is 0.417. The topological polar surface area (TPSA) is 87.5 Å². The summed E-state index contributed by atoms with van der Waals surface area (Å²) in [5.74, 6) is -0.254. The third-order valence-electron chi connectivity index (χ3n) is 5.66. The van der Waals surface area contributed by atoms with Crippen molar-refractivity contribution in [3.8, 4) is 0 Å². The van der Waals surface area contributed by atoms with Gasteiger partial charge in [-0.15, -0.1) is 0 Å². The second-order valence-corrected chi connectivity index (χ2v) is 8.87. The molecule has 0 saturated carbocycles. The first-order chi connectivity index (χ1) is 15.0. The number of carbonyl (C=O) groups excluding carboxylic acids is 2. The number of benzene rings is 2. The zero-order valence-electron chi connectivity index (χ0n) is 17.8. The first-order valence-corrected chi connectivity index (χ1v) is 11.7. The number of rotatable bonds is 10. The lowest BCUT2D eigenvalue weighted by Gasteiger charge is -2.36. The average molecular weight is 487 g/mol. The molecule has 3 rings (SSSR count). The van der Waals surface area contributed by atoms with Crippen LogP contribution in [0, 0.1) is 0 Å². The second-order valence-electron chi connectivity index (χ2n) is 7.95. The molecule has 7 heteroatoms. The zero-order valence-corrected chi connectivity index (χ0v) is 19.4. The highest BCUT2D eigenvalue weighted by Crippen LogP contribution is 2.34. The molecule has 2 aromatic rings. The van der Waals surface area contributed by atoms with E-state index in [1.807, 2.05) is 24.3 Å². The Kier molecular flexibility index (Phi) is 8.91. The molecular formula is C24H31BrN4O2. The molecule has 4 N–H and O–H groups in total. The Bertz CT molecular complexity index is 872. The number of hydrogen-bond acceptors (Lipinski definition) is 3. The number of primary amides is 1. The summed E-state index contributed by atoms with van der Waals surface area (Å²) in [5, 5.41) is 5.78. The number of halogens is 1. The van der Waals surface area contributed by atoms with Gasteiger partial charge >= 0.3 is 6.03 Å². The van der Waals surface area contributed by atoms with Crippen LogP contribution in [0.25, 0.3) is 0 Å². The Balaban J connectivity index is 1.52. The highest BCUT2D eigenvalue weighted by Gasteiger charge is 2.25. The molecule has 0 heterocycles. The minimum absolute atomic E-state index is 0.203. The van der Waals surface area contributed by atoms with E-state index in [-0.39, 0.29) is 11.9 Å². The lowest BCUT2D eigenvalue weighted by molar-refractivity contribution is -0.118. The predicted octanol–water partition coefficient (Wildman–Crippen LogP) is 4.61. The van der Waals surface area contributed by atoms with Crippen LogP contribution in [0.1, 0.15) is 49.3 Å². The van der Waals surface area contributed by atoms with Gasteiger partial charge in [-0.3, -0.25) is 9.69 Å². The quantitative estimate of drug-likeness (QED) is 0.428. The van der Waals surface area contributed by atoms with Gasteiger partial charge in [-0.05, 0) is 74.0 Å². The molecule has 2 aromatic carbocycles. The lowest BCUT2D eigenvalue weighted by Crippen LogP contribution is -2.36. The summed E-state index contributed by atoms with van der Waals surface area (Å²) in [6.45, 7) is 2.27. The van der Waals surface area contributed by atoms with Gasteiger partial charge in [0.05, 0.1) is 0 Å². The van der Waals surface area contributed by atoms with Crippen molar-refractivity contribution in [2.24, 2.45) is 5.73 Å². The molecule has 0 radical (unpaired) electrons. The van der Waals surface area contributed by atoms with Gasteiger partial charge in [0.15, 0.2) is 0 Å². The first-order valence-electron chi connectivity index (χ1n) is 10.9. The summed E-state index contributed by atoms with van der Waals surface area (Å²) in [5.41, 5.74) is 8.92. The van der Waals surface area contributed by atoms with Crippen LogP contribution in [-0.4, -0.2) is 36.5 Å². The van der Waals surface area contributed by atoms with Gasteiger partial charge in [-0.1, -0.05) is 40.2 Å².